The van der Waals surface area contributed by atoms with Gasteiger partial charge in [0.2, 0.25) is 5.91 Å². The van der Waals surface area contributed by atoms with E-state index in [1.807, 2.05) is 59.2 Å². The van der Waals surface area contributed by atoms with E-state index in [4.69, 9.17) is 17.3 Å². The molecule has 1 unspecified atom stereocenters. The summed E-state index contributed by atoms with van der Waals surface area (Å²) in [4.78, 5) is 15.9. The molecule has 2 aromatic carbocycles. The number of nitrogens with two attached hydrogens (primary N) is 1. The van der Waals surface area contributed by atoms with Gasteiger partial charge >= 0.3 is 0 Å². The standard InChI is InChI=1S/C18H16ClN3OS/c1-12(17(20)23)24-18-21-11-16(13-7-3-2-4-8-13)22(18)15-10-6-5-9-14(15)19/h2-12H,1H3,(H2,20,23). The van der Waals surface area contributed by atoms with E-state index in [9.17, 15) is 4.79 Å². The topological polar surface area (TPSA) is 60.9 Å². The van der Waals surface area contributed by atoms with Crippen LogP contribution in [0.3, 0.4) is 0 Å². The first-order valence-electron chi connectivity index (χ1n) is 7.42. The minimum Gasteiger partial charge on any atom is -0.369 e. The van der Waals surface area contributed by atoms with Crippen molar-refractivity contribution >= 4 is 29.3 Å². The number of carbonyl (C=O) groups excluding carboxylic acids is 1. The fourth-order valence-corrected chi connectivity index (χ4v) is 3.38. The van der Waals surface area contributed by atoms with Crippen LogP contribution in [0.4, 0.5) is 0 Å². The second kappa shape index (κ2) is 7.11. The summed E-state index contributed by atoms with van der Waals surface area (Å²) in [5, 5.41) is 0.895. The van der Waals surface area contributed by atoms with E-state index < -0.39 is 5.25 Å². The second-order valence-corrected chi connectivity index (χ2v) is 6.96. The molecule has 0 spiro atoms. The summed E-state index contributed by atoms with van der Waals surface area (Å²) in [6, 6.07) is 17.5. The Morgan fingerprint density at radius 2 is 1.83 bits per heavy atom. The number of imidazole rings is 1. The number of halogens is 1. The molecule has 1 heterocycles. The smallest absolute Gasteiger partial charge is 0.230 e. The summed E-state index contributed by atoms with van der Waals surface area (Å²) in [7, 11) is 0. The first kappa shape index (κ1) is 16.6. The number of primary amides is 1. The Morgan fingerprint density at radius 3 is 2.50 bits per heavy atom. The van der Waals surface area contributed by atoms with Crippen LogP contribution in [0.15, 0.2) is 66.0 Å². The van der Waals surface area contributed by atoms with E-state index in [0.29, 0.717) is 10.2 Å². The largest absolute Gasteiger partial charge is 0.369 e. The number of amides is 1. The van der Waals surface area contributed by atoms with Gasteiger partial charge in [-0.3, -0.25) is 9.36 Å². The monoisotopic (exact) mass is 357 g/mol. The third-order valence-corrected chi connectivity index (χ3v) is 4.98. The number of para-hydroxylation sites is 1. The first-order chi connectivity index (χ1) is 11.6. The van der Waals surface area contributed by atoms with Crippen molar-refractivity contribution < 1.29 is 4.79 Å². The van der Waals surface area contributed by atoms with Crippen LogP contribution in [0.2, 0.25) is 5.02 Å². The molecule has 0 saturated heterocycles. The normalized spacial score (nSPS) is 12.1. The molecule has 0 aliphatic heterocycles. The van der Waals surface area contributed by atoms with Gasteiger partial charge in [-0.25, -0.2) is 4.98 Å². The van der Waals surface area contributed by atoms with Crippen LogP contribution >= 0.6 is 23.4 Å². The SMILES string of the molecule is CC(Sc1ncc(-c2ccccc2)n1-c1ccccc1Cl)C(N)=O. The number of aromatic nitrogens is 2. The van der Waals surface area contributed by atoms with Gasteiger partial charge in [0.05, 0.1) is 27.9 Å². The van der Waals surface area contributed by atoms with Crippen LogP contribution < -0.4 is 5.73 Å². The molecule has 0 aliphatic rings. The molecule has 4 nitrogen and oxygen atoms in total. The summed E-state index contributed by atoms with van der Waals surface area (Å²) in [5.41, 5.74) is 8.13. The highest BCUT2D eigenvalue weighted by Crippen LogP contribution is 2.34. The average molecular weight is 358 g/mol. The molecule has 3 aromatic rings. The zero-order valence-corrected chi connectivity index (χ0v) is 14.6. The highest BCUT2D eigenvalue weighted by atomic mass is 35.5. The van der Waals surface area contributed by atoms with Crippen LogP contribution in [0.25, 0.3) is 16.9 Å². The number of rotatable bonds is 5. The first-order valence-corrected chi connectivity index (χ1v) is 8.67. The minimum atomic E-state index is -0.391. The van der Waals surface area contributed by atoms with Crippen LogP contribution in [0.1, 0.15) is 6.92 Å². The lowest BCUT2D eigenvalue weighted by Crippen LogP contribution is -2.23. The van der Waals surface area contributed by atoms with Crippen molar-refractivity contribution in [3.05, 3.63) is 65.8 Å². The molecule has 0 fully saturated rings. The predicted molar refractivity (Wildman–Crippen MR) is 98.5 cm³/mol. The number of carbonyl (C=O) groups is 1. The van der Waals surface area contributed by atoms with Gasteiger partial charge in [0, 0.05) is 5.56 Å². The maximum Gasteiger partial charge on any atom is 0.230 e. The van der Waals surface area contributed by atoms with E-state index in [1.165, 1.54) is 11.8 Å². The third-order valence-electron chi connectivity index (χ3n) is 3.58. The summed E-state index contributed by atoms with van der Waals surface area (Å²) >= 11 is 7.71. The van der Waals surface area contributed by atoms with Gasteiger partial charge in [0.25, 0.3) is 0 Å². The van der Waals surface area contributed by atoms with E-state index in [2.05, 4.69) is 4.98 Å². The predicted octanol–water partition coefficient (Wildman–Crippen LogP) is 4.16. The average Bonchev–Trinajstić information content (AvgIpc) is 2.99. The molecule has 1 atom stereocenters. The molecule has 1 amide bonds. The number of benzene rings is 2. The van der Waals surface area contributed by atoms with Crippen LogP contribution in [-0.2, 0) is 4.79 Å². The minimum absolute atomic E-state index is 0.380. The Hall–Kier alpha value is -2.24. The molecule has 0 bridgehead atoms. The third kappa shape index (κ3) is 3.32. The Morgan fingerprint density at radius 1 is 1.17 bits per heavy atom. The summed E-state index contributed by atoms with van der Waals surface area (Å²) in [5.74, 6) is -0.380. The number of hydrogen-bond acceptors (Lipinski definition) is 3. The van der Waals surface area contributed by atoms with Gasteiger partial charge < -0.3 is 5.73 Å². The summed E-state index contributed by atoms with van der Waals surface area (Å²) in [6.07, 6.45) is 1.79. The molecule has 0 saturated carbocycles. The van der Waals surface area contributed by atoms with E-state index >= 15 is 0 Å². The molecule has 1 aromatic heterocycles. The molecular weight excluding hydrogens is 342 g/mol. The highest BCUT2D eigenvalue weighted by molar-refractivity contribution is 8.00. The lowest BCUT2D eigenvalue weighted by Gasteiger charge is -2.14. The van der Waals surface area contributed by atoms with Gasteiger partial charge in [-0.1, -0.05) is 65.8 Å². The summed E-state index contributed by atoms with van der Waals surface area (Å²) in [6.45, 7) is 1.76. The molecule has 0 radical (unpaired) electrons. The number of hydrogen-bond donors (Lipinski definition) is 1. The van der Waals surface area contributed by atoms with Crippen LogP contribution in [0.5, 0.6) is 0 Å². The zero-order chi connectivity index (χ0) is 17.1. The quantitative estimate of drug-likeness (QED) is 0.697. The van der Waals surface area contributed by atoms with Crippen molar-refractivity contribution in [3.8, 4) is 16.9 Å². The Bertz CT molecular complexity index is 864. The van der Waals surface area contributed by atoms with Crippen molar-refractivity contribution in [2.75, 3.05) is 0 Å². The van der Waals surface area contributed by atoms with Crippen LogP contribution in [-0.4, -0.2) is 20.7 Å². The van der Waals surface area contributed by atoms with Crippen LogP contribution in [0, 0.1) is 0 Å². The van der Waals surface area contributed by atoms with Gasteiger partial charge in [-0.05, 0) is 19.1 Å². The van der Waals surface area contributed by atoms with Crippen molar-refractivity contribution in [3.63, 3.8) is 0 Å². The molecule has 122 valence electrons. The molecule has 24 heavy (non-hydrogen) atoms. The fraction of sp³-hybridized carbons (Fsp3) is 0.111. The maximum absolute atomic E-state index is 11.4. The zero-order valence-electron chi connectivity index (χ0n) is 13.0. The Balaban J connectivity index is 2.16. The van der Waals surface area contributed by atoms with Gasteiger partial charge in [0.1, 0.15) is 0 Å². The second-order valence-electron chi connectivity index (χ2n) is 5.24. The maximum atomic E-state index is 11.4. The van der Waals surface area contributed by atoms with E-state index in [-0.39, 0.29) is 5.91 Å². The van der Waals surface area contributed by atoms with Gasteiger partial charge in [-0.2, -0.15) is 0 Å². The van der Waals surface area contributed by atoms with Crippen molar-refractivity contribution in [1.29, 1.82) is 0 Å². The van der Waals surface area contributed by atoms with Crippen molar-refractivity contribution in [2.24, 2.45) is 5.73 Å². The Kier molecular flexibility index (Phi) is 4.92. The molecule has 6 heteroatoms. The fourth-order valence-electron chi connectivity index (χ4n) is 2.31. The van der Waals surface area contributed by atoms with Crippen molar-refractivity contribution in [2.45, 2.75) is 17.3 Å². The lowest BCUT2D eigenvalue weighted by atomic mass is 10.1. The van der Waals surface area contributed by atoms with Gasteiger partial charge in [0.15, 0.2) is 5.16 Å². The lowest BCUT2D eigenvalue weighted by molar-refractivity contribution is -0.117. The molecule has 3 rings (SSSR count). The molecular formula is C18H16ClN3OS. The van der Waals surface area contributed by atoms with Crippen molar-refractivity contribution in [1.82, 2.24) is 9.55 Å². The molecule has 0 aliphatic carbocycles. The Labute approximate surface area is 149 Å². The van der Waals surface area contributed by atoms with E-state index in [0.717, 1.165) is 16.9 Å². The van der Waals surface area contributed by atoms with Gasteiger partial charge in [-0.15, -0.1) is 0 Å². The highest BCUT2D eigenvalue weighted by Gasteiger charge is 2.20. The van der Waals surface area contributed by atoms with E-state index in [1.54, 1.807) is 13.1 Å². The molecule has 2 N–H and O–H groups in total. The number of nitrogens with zero attached hydrogens (tertiary/aromatic N) is 2. The number of thioether (sulfide) groups is 1. The summed E-state index contributed by atoms with van der Waals surface area (Å²) < 4.78 is 1.96.